The van der Waals surface area contributed by atoms with E-state index >= 15 is 0 Å². The normalized spacial score (nSPS) is 11.6. The molecule has 0 heterocycles. The minimum Gasteiger partial charge on any atom is -0.480 e. The van der Waals surface area contributed by atoms with E-state index in [1.807, 2.05) is 42.5 Å². The second-order valence-electron chi connectivity index (χ2n) is 6.25. The predicted molar refractivity (Wildman–Crippen MR) is 114 cm³/mol. The SMILES string of the molecule is O=C(N[C@@H](Cc1cc(Cl)ccc1Br)C(=O)O)c1ccc(-c2ccccc2)cc1. The minimum absolute atomic E-state index is 0.115. The first-order valence-corrected chi connectivity index (χ1v) is 9.74. The Morgan fingerprint density at radius 3 is 2.25 bits per heavy atom. The van der Waals surface area contributed by atoms with Crippen molar-refractivity contribution in [1.29, 1.82) is 0 Å². The number of amides is 1. The van der Waals surface area contributed by atoms with Crippen molar-refractivity contribution in [3.8, 4) is 11.1 Å². The van der Waals surface area contributed by atoms with E-state index in [2.05, 4.69) is 21.2 Å². The Balaban J connectivity index is 1.74. The molecule has 3 aromatic rings. The number of carboxylic acids is 1. The number of hydrogen-bond acceptors (Lipinski definition) is 2. The standard InChI is InChI=1S/C22H17BrClNO3/c23-19-11-10-18(24)12-17(19)13-20(22(27)28)25-21(26)16-8-6-15(7-9-16)14-4-2-1-3-5-14/h1-12,20H,13H2,(H,25,26)(H,27,28)/t20-/m0/s1. The average molecular weight is 459 g/mol. The van der Waals surface area contributed by atoms with Crippen molar-refractivity contribution in [2.45, 2.75) is 12.5 Å². The molecule has 4 nitrogen and oxygen atoms in total. The van der Waals surface area contributed by atoms with E-state index in [4.69, 9.17) is 11.6 Å². The van der Waals surface area contributed by atoms with Crippen molar-refractivity contribution in [2.24, 2.45) is 0 Å². The summed E-state index contributed by atoms with van der Waals surface area (Å²) in [5.74, 6) is -1.55. The molecule has 0 unspecified atom stereocenters. The van der Waals surface area contributed by atoms with Crippen molar-refractivity contribution < 1.29 is 14.7 Å². The first-order valence-electron chi connectivity index (χ1n) is 8.57. The molecule has 6 heteroatoms. The van der Waals surface area contributed by atoms with Gasteiger partial charge in [-0.05, 0) is 47.0 Å². The highest BCUT2D eigenvalue weighted by Gasteiger charge is 2.22. The third-order valence-corrected chi connectivity index (χ3v) is 5.30. The lowest BCUT2D eigenvalue weighted by atomic mass is 10.0. The van der Waals surface area contributed by atoms with Gasteiger partial charge in [-0.3, -0.25) is 4.79 Å². The second-order valence-corrected chi connectivity index (χ2v) is 7.54. The Hall–Kier alpha value is -2.63. The molecule has 0 spiro atoms. The fraction of sp³-hybridized carbons (Fsp3) is 0.0909. The fourth-order valence-corrected chi connectivity index (χ4v) is 3.41. The molecule has 0 aromatic heterocycles. The van der Waals surface area contributed by atoms with Gasteiger partial charge in [0.2, 0.25) is 0 Å². The number of hydrogen-bond donors (Lipinski definition) is 2. The van der Waals surface area contributed by atoms with E-state index in [1.54, 1.807) is 30.3 Å². The van der Waals surface area contributed by atoms with Crippen molar-refractivity contribution >= 4 is 39.4 Å². The maximum absolute atomic E-state index is 12.5. The van der Waals surface area contributed by atoms with Crippen LogP contribution in [0.2, 0.25) is 5.02 Å². The monoisotopic (exact) mass is 457 g/mol. The summed E-state index contributed by atoms with van der Waals surface area (Å²) in [6, 6.07) is 20.9. The largest absolute Gasteiger partial charge is 0.480 e. The van der Waals surface area contributed by atoms with Crippen LogP contribution < -0.4 is 5.32 Å². The van der Waals surface area contributed by atoms with Crippen LogP contribution in [-0.2, 0) is 11.2 Å². The number of halogens is 2. The zero-order valence-corrected chi connectivity index (χ0v) is 17.1. The Bertz CT molecular complexity index is 990. The molecule has 0 saturated heterocycles. The number of benzene rings is 3. The van der Waals surface area contributed by atoms with Gasteiger partial charge in [0.15, 0.2) is 0 Å². The number of nitrogens with one attached hydrogen (secondary N) is 1. The van der Waals surface area contributed by atoms with Crippen molar-refractivity contribution in [3.63, 3.8) is 0 Å². The summed E-state index contributed by atoms with van der Waals surface area (Å²) in [6.45, 7) is 0. The summed E-state index contributed by atoms with van der Waals surface area (Å²) in [6.07, 6.45) is 0.115. The number of carbonyl (C=O) groups excluding carboxylic acids is 1. The van der Waals surface area contributed by atoms with Crippen LogP contribution >= 0.6 is 27.5 Å². The van der Waals surface area contributed by atoms with Crippen molar-refractivity contribution in [1.82, 2.24) is 5.32 Å². The molecule has 0 aliphatic carbocycles. The second kappa shape index (κ2) is 9.04. The molecule has 0 bridgehead atoms. The zero-order chi connectivity index (χ0) is 20.1. The fourth-order valence-electron chi connectivity index (χ4n) is 2.81. The lowest BCUT2D eigenvalue weighted by molar-refractivity contribution is -0.139. The molecular formula is C22H17BrClNO3. The predicted octanol–water partition coefficient (Wildman–Crippen LogP) is 5.20. The Morgan fingerprint density at radius 1 is 0.964 bits per heavy atom. The Morgan fingerprint density at radius 2 is 1.61 bits per heavy atom. The molecule has 0 aliphatic heterocycles. The maximum Gasteiger partial charge on any atom is 0.326 e. The van der Waals surface area contributed by atoms with Crippen LogP contribution in [0.25, 0.3) is 11.1 Å². The van der Waals surface area contributed by atoms with Crippen molar-refractivity contribution in [2.75, 3.05) is 0 Å². The van der Waals surface area contributed by atoms with Gasteiger partial charge in [-0.15, -0.1) is 0 Å². The molecule has 28 heavy (non-hydrogen) atoms. The maximum atomic E-state index is 12.5. The topological polar surface area (TPSA) is 66.4 Å². The highest BCUT2D eigenvalue weighted by atomic mass is 79.9. The summed E-state index contributed by atoms with van der Waals surface area (Å²) < 4.78 is 0.740. The van der Waals surface area contributed by atoms with Crippen LogP contribution in [0.1, 0.15) is 15.9 Å². The third-order valence-electron chi connectivity index (χ3n) is 4.29. The van der Waals surface area contributed by atoms with E-state index in [-0.39, 0.29) is 6.42 Å². The smallest absolute Gasteiger partial charge is 0.326 e. The van der Waals surface area contributed by atoms with E-state index in [0.717, 1.165) is 15.6 Å². The minimum atomic E-state index is -1.11. The number of carbonyl (C=O) groups is 2. The van der Waals surface area contributed by atoms with Gasteiger partial charge in [-0.25, -0.2) is 4.79 Å². The molecule has 142 valence electrons. The summed E-state index contributed by atoms with van der Waals surface area (Å²) >= 11 is 9.38. The van der Waals surface area contributed by atoms with E-state index in [9.17, 15) is 14.7 Å². The molecule has 0 saturated carbocycles. The Kier molecular flexibility index (Phi) is 6.49. The van der Waals surface area contributed by atoms with Crippen LogP contribution in [0, 0.1) is 0 Å². The summed E-state index contributed by atoms with van der Waals surface area (Å²) in [7, 11) is 0. The van der Waals surface area contributed by atoms with E-state index in [1.165, 1.54) is 0 Å². The van der Waals surface area contributed by atoms with Crippen LogP contribution in [-0.4, -0.2) is 23.0 Å². The quantitative estimate of drug-likeness (QED) is 0.534. The van der Waals surface area contributed by atoms with Gasteiger partial charge in [0.05, 0.1) is 0 Å². The zero-order valence-electron chi connectivity index (χ0n) is 14.7. The van der Waals surface area contributed by atoms with E-state index < -0.39 is 17.9 Å². The summed E-state index contributed by atoms with van der Waals surface area (Å²) in [4.78, 5) is 24.2. The van der Waals surface area contributed by atoms with Crippen LogP contribution in [0.5, 0.6) is 0 Å². The van der Waals surface area contributed by atoms with Crippen LogP contribution in [0.15, 0.2) is 77.3 Å². The van der Waals surface area contributed by atoms with Crippen LogP contribution in [0.4, 0.5) is 0 Å². The molecule has 1 atom stereocenters. The van der Waals surface area contributed by atoms with Crippen LogP contribution in [0.3, 0.4) is 0 Å². The first kappa shape index (κ1) is 20.1. The molecule has 3 rings (SSSR count). The summed E-state index contributed by atoms with van der Waals surface area (Å²) in [5.41, 5.74) is 3.13. The lowest BCUT2D eigenvalue weighted by Gasteiger charge is -2.16. The van der Waals surface area contributed by atoms with Gasteiger partial charge >= 0.3 is 5.97 Å². The van der Waals surface area contributed by atoms with Crippen molar-refractivity contribution in [3.05, 3.63) is 93.4 Å². The van der Waals surface area contributed by atoms with Gasteiger partial charge in [0, 0.05) is 21.5 Å². The van der Waals surface area contributed by atoms with Gasteiger partial charge in [-0.2, -0.15) is 0 Å². The van der Waals surface area contributed by atoms with Gasteiger partial charge in [0.25, 0.3) is 5.91 Å². The molecule has 2 N–H and O–H groups in total. The third kappa shape index (κ3) is 5.00. The molecule has 0 fully saturated rings. The molecule has 0 radical (unpaired) electrons. The number of rotatable bonds is 6. The Labute approximate surface area is 176 Å². The van der Waals surface area contributed by atoms with Gasteiger partial charge in [0.1, 0.15) is 6.04 Å². The lowest BCUT2D eigenvalue weighted by Crippen LogP contribution is -2.42. The molecule has 3 aromatic carbocycles. The number of carboxylic acid groups (broad SMARTS) is 1. The van der Waals surface area contributed by atoms with E-state index in [0.29, 0.717) is 16.1 Å². The molecule has 1 amide bonds. The molecular weight excluding hydrogens is 442 g/mol. The highest BCUT2D eigenvalue weighted by molar-refractivity contribution is 9.10. The molecule has 0 aliphatic rings. The average Bonchev–Trinajstić information content (AvgIpc) is 2.70. The number of aliphatic carboxylic acids is 1. The highest BCUT2D eigenvalue weighted by Crippen LogP contribution is 2.23. The van der Waals surface area contributed by atoms with Gasteiger partial charge in [-0.1, -0.05) is 70.0 Å². The first-order chi connectivity index (χ1) is 13.4. The van der Waals surface area contributed by atoms with Gasteiger partial charge < -0.3 is 10.4 Å². The summed E-state index contributed by atoms with van der Waals surface area (Å²) in [5, 5.41) is 12.6.